The van der Waals surface area contributed by atoms with Crippen molar-refractivity contribution in [3.8, 4) is 0 Å². The first-order valence-electron chi connectivity index (χ1n) is 15.8. The van der Waals surface area contributed by atoms with Crippen molar-refractivity contribution in [2.24, 2.45) is 23.7 Å². The summed E-state index contributed by atoms with van der Waals surface area (Å²) < 4.78 is 0. The van der Waals surface area contributed by atoms with Crippen molar-refractivity contribution in [2.75, 3.05) is 19.6 Å². The smallest absolute Gasteiger partial charge is 0.222 e. The summed E-state index contributed by atoms with van der Waals surface area (Å²) in [5.41, 5.74) is 2.80. The zero-order chi connectivity index (χ0) is 25.8. The first-order valence-corrected chi connectivity index (χ1v) is 15.8. The van der Waals surface area contributed by atoms with Crippen LogP contribution in [0, 0.1) is 23.7 Å². The Kier molecular flexibility index (Phi) is 13.1. The predicted octanol–water partition coefficient (Wildman–Crippen LogP) is 8.45. The van der Waals surface area contributed by atoms with E-state index in [9.17, 15) is 4.79 Å². The number of carbonyl (C=O) groups is 1. The van der Waals surface area contributed by atoms with Gasteiger partial charge in [0, 0.05) is 32.1 Å². The van der Waals surface area contributed by atoms with E-state index >= 15 is 0 Å². The minimum atomic E-state index is 0.362. The number of hydrogen-bond donors (Lipinski definition) is 1. The third kappa shape index (κ3) is 9.99. The molecule has 3 heteroatoms. The highest BCUT2D eigenvalue weighted by molar-refractivity contribution is 5.76. The van der Waals surface area contributed by atoms with Crippen LogP contribution in [0.3, 0.4) is 0 Å². The lowest BCUT2D eigenvalue weighted by Crippen LogP contribution is -2.55. The third-order valence-corrected chi connectivity index (χ3v) is 9.34. The maximum atomic E-state index is 13.2. The molecular formula is C33H58N2O. The molecule has 0 aromatic heterocycles. The molecule has 4 fully saturated rings. The molecule has 4 bridgehead atoms. The topological polar surface area (TPSA) is 32.3 Å². The number of unbranched alkanes of at least 4 members (excludes halogenated alkanes) is 7. The van der Waals surface area contributed by atoms with Gasteiger partial charge in [-0.15, -0.1) is 0 Å². The normalized spacial score (nSPS) is 26.9. The summed E-state index contributed by atoms with van der Waals surface area (Å²) in [6, 6.07) is 0.712. The predicted molar refractivity (Wildman–Crippen MR) is 155 cm³/mol. The Balaban J connectivity index is 1.43. The third-order valence-electron chi connectivity index (χ3n) is 9.34. The maximum Gasteiger partial charge on any atom is 0.222 e. The van der Waals surface area contributed by atoms with Crippen molar-refractivity contribution in [2.45, 2.75) is 136 Å². The fraction of sp³-hybridized carbons (Fsp3) is 0.848. The van der Waals surface area contributed by atoms with E-state index in [0.717, 1.165) is 69.0 Å². The number of hydrogen-bond acceptors (Lipinski definition) is 2. The molecular weight excluding hydrogens is 440 g/mol. The monoisotopic (exact) mass is 498 g/mol. The minimum absolute atomic E-state index is 0.362. The number of rotatable bonds is 18. The number of nitrogens with one attached hydrogen (secondary N) is 1. The van der Waals surface area contributed by atoms with Gasteiger partial charge in [-0.2, -0.15) is 0 Å². The second-order valence-electron chi connectivity index (χ2n) is 12.8. The highest BCUT2D eigenvalue weighted by atomic mass is 16.2. The first-order chi connectivity index (χ1) is 17.5. The molecule has 3 nitrogen and oxygen atoms in total. The van der Waals surface area contributed by atoms with Gasteiger partial charge in [0.1, 0.15) is 0 Å². The van der Waals surface area contributed by atoms with E-state index in [-0.39, 0.29) is 0 Å². The standard InChI is InChI=1S/C33H58N2O/c1-5-6-7-8-9-10-11-12-16-32(36)35(19-17-27(4)15-13-14-26(2)3)20-18-34-33-30-22-28-21-29(24-30)25-31(33)23-28/h14,17,28-31,33-34H,5-13,15-16,18-25H2,1-4H3/b27-17+. The van der Waals surface area contributed by atoms with Gasteiger partial charge in [-0.3, -0.25) is 4.79 Å². The van der Waals surface area contributed by atoms with Crippen LogP contribution in [0.5, 0.6) is 0 Å². The molecule has 0 aromatic rings. The van der Waals surface area contributed by atoms with Crippen LogP contribution in [-0.4, -0.2) is 36.5 Å². The summed E-state index contributed by atoms with van der Waals surface area (Å²) in [6.45, 7) is 11.4. The fourth-order valence-electron chi connectivity index (χ4n) is 7.47. The van der Waals surface area contributed by atoms with Gasteiger partial charge in [0.05, 0.1) is 0 Å². The highest BCUT2D eigenvalue weighted by Crippen LogP contribution is 2.53. The first kappa shape index (κ1) is 29.5. The molecule has 4 aliphatic rings. The molecule has 4 rings (SSSR count). The van der Waals surface area contributed by atoms with Crippen LogP contribution in [0.25, 0.3) is 0 Å². The Morgan fingerprint density at radius 2 is 1.42 bits per heavy atom. The summed E-state index contributed by atoms with van der Waals surface area (Å²) in [6.07, 6.45) is 25.2. The van der Waals surface area contributed by atoms with Gasteiger partial charge in [-0.1, -0.05) is 75.2 Å². The molecule has 0 unspecified atom stereocenters. The molecule has 4 aliphatic carbocycles. The van der Waals surface area contributed by atoms with Crippen molar-refractivity contribution in [3.05, 3.63) is 23.3 Å². The molecule has 0 spiro atoms. The van der Waals surface area contributed by atoms with Gasteiger partial charge >= 0.3 is 0 Å². The summed E-state index contributed by atoms with van der Waals surface area (Å²) in [5.74, 6) is 4.21. The lowest BCUT2D eigenvalue weighted by atomic mass is 9.54. The van der Waals surface area contributed by atoms with Crippen LogP contribution < -0.4 is 5.32 Å². The highest BCUT2D eigenvalue weighted by Gasteiger charge is 2.47. The molecule has 0 heterocycles. The zero-order valence-corrected chi connectivity index (χ0v) is 24.3. The van der Waals surface area contributed by atoms with E-state index in [2.05, 4.69) is 50.1 Å². The van der Waals surface area contributed by atoms with Gasteiger partial charge in [-0.25, -0.2) is 0 Å². The second kappa shape index (κ2) is 16.0. The van der Waals surface area contributed by atoms with Crippen molar-refractivity contribution < 1.29 is 4.79 Å². The number of carbonyl (C=O) groups excluding carboxylic acids is 1. The molecule has 36 heavy (non-hydrogen) atoms. The van der Waals surface area contributed by atoms with E-state index in [1.54, 1.807) is 0 Å². The Morgan fingerprint density at radius 3 is 2.03 bits per heavy atom. The van der Waals surface area contributed by atoms with E-state index in [1.807, 2.05) is 0 Å². The molecule has 0 atom stereocenters. The van der Waals surface area contributed by atoms with Gasteiger partial charge in [0.15, 0.2) is 0 Å². The Labute approximate surface area is 223 Å². The van der Waals surface area contributed by atoms with Crippen molar-refractivity contribution in [3.63, 3.8) is 0 Å². The SMILES string of the molecule is CCCCCCCCCCC(=O)N(C/C=C(\C)CCC=C(C)C)CCNC1C2CC3CC(C2)CC1C3. The molecule has 4 saturated carbocycles. The summed E-state index contributed by atoms with van der Waals surface area (Å²) in [5, 5.41) is 3.96. The van der Waals surface area contributed by atoms with Crippen LogP contribution in [0.1, 0.15) is 130 Å². The molecule has 0 radical (unpaired) electrons. The Hall–Kier alpha value is -1.09. The zero-order valence-electron chi connectivity index (χ0n) is 24.3. The molecule has 206 valence electrons. The van der Waals surface area contributed by atoms with Gasteiger partial charge in [-0.05, 0) is 95.8 Å². The molecule has 1 N–H and O–H groups in total. The lowest BCUT2D eigenvalue weighted by molar-refractivity contribution is -0.130. The molecule has 0 aliphatic heterocycles. The minimum Gasteiger partial charge on any atom is -0.338 e. The quantitative estimate of drug-likeness (QED) is 0.152. The number of nitrogens with zero attached hydrogens (tertiary/aromatic N) is 1. The largest absolute Gasteiger partial charge is 0.338 e. The Bertz CT molecular complexity index is 676. The van der Waals surface area contributed by atoms with Crippen LogP contribution in [-0.2, 0) is 4.79 Å². The van der Waals surface area contributed by atoms with Crippen LogP contribution in [0.15, 0.2) is 23.3 Å². The van der Waals surface area contributed by atoms with E-state index < -0.39 is 0 Å². The van der Waals surface area contributed by atoms with Crippen LogP contribution in [0.4, 0.5) is 0 Å². The summed E-state index contributed by atoms with van der Waals surface area (Å²) >= 11 is 0. The average Bonchev–Trinajstić information content (AvgIpc) is 2.83. The van der Waals surface area contributed by atoms with E-state index in [0.29, 0.717) is 11.9 Å². The lowest BCUT2D eigenvalue weighted by Gasteiger charge is -2.54. The molecule has 1 amide bonds. The van der Waals surface area contributed by atoms with Crippen molar-refractivity contribution in [1.82, 2.24) is 10.2 Å². The molecule has 0 saturated heterocycles. The average molecular weight is 499 g/mol. The number of allylic oxidation sites excluding steroid dienone is 3. The van der Waals surface area contributed by atoms with Crippen LogP contribution in [0.2, 0.25) is 0 Å². The number of amides is 1. The Morgan fingerprint density at radius 1 is 0.806 bits per heavy atom. The van der Waals surface area contributed by atoms with Gasteiger partial charge < -0.3 is 10.2 Å². The van der Waals surface area contributed by atoms with Crippen molar-refractivity contribution in [1.29, 1.82) is 0 Å². The second-order valence-corrected chi connectivity index (χ2v) is 12.8. The van der Waals surface area contributed by atoms with E-state index in [4.69, 9.17) is 0 Å². The van der Waals surface area contributed by atoms with E-state index in [1.165, 1.54) is 88.2 Å². The van der Waals surface area contributed by atoms with Gasteiger partial charge in [0.25, 0.3) is 0 Å². The summed E-state index contributed by atoms with van der Waals surface area (Å²) in [7, 11) is 0. The van der Waals surface area contributed by atoms with Crippen molar-refractivity contribution >= 4 is 5.91 Å². The molecule has 0 aromatic carbocycles. The van der Waals surface area contributed by atoms with Gasteiger partial charge in [0.2, 0.25) is 5.91 Å². The maximum absolute atomic E-state index is 13.2. The summed E-state index contributed by atoms with van der Waals surface area (Å²) in [4.78, 5) is 15.4. The van der Waals surface area contributed by atoms with Crippen LogP contribution >= 0.6 is 0 Å². The fourth-order valence-corrected chi connectivity index (χ4v) is 7.47.